The smallest absolute Gasteiger partial charge is 0.272 e. The maximum atomic E-state index is 13.0. The average Bonchev–Trinajstić information content (AvgIpc) is 3.14. The molecule has 8 heteroatoms. The van der Waals surface area contributed by atoms with Gasteiger partial charge in [0.2, 0.25) is 11.7 Å². The van der Waals surface area contributed by atoms with E-state index in [4.69, 9.17) is 4.52 Å². The van der Waals surface area contributed by atoms with Gasteiger partial charge in [0.15, 0.2) is 0 Å². The van der Waals surface area contributed by atoms with Gasteiger partial charge < -0.3 is 9.42 Å². The maximum absolute atomic E-state index is 13.0. The molecule has 0 aliphatic carbocycles. The van der Waals surface area contributed by atoms with Gasteiger partial charge in [0.25, 0.3) is 11.6 Å². The summed E-state index contributed by atoms with van der Waals surface area (Å²) in [4.78, 5) is 29.5. The average molecular weight is 394 g/mol. The second kappa shape index (κ2) is 8.22. The molecule has 1 aromatic heterocycles. The molecule has 2 aromatic carbocycles. The van der Waals surface area contributed by atoms with E-state index in [0.717, 1.165) is 11.1 Å². The summed E-state index contributed by atoms with van der Waals surface area (Å²) in [6.45, 7) is 7.52. The Morgan fingerprint density at radius 3 is 2.45 bits per heavy atom. The molecule has 8 nitrogen and oxygen atoms in total. The van der Waals surface area contributed by atoms with Gasteiger partial charge in [-0.3, -0.25) is 14.9 Å². The van der Waals surface area contributed by atoms with Crippen molar-refractivity contribution in [2.75, 3.05) is 0 Å². The molecule has 0 saturated carbocycles. The zero-order valence-corrected chi connectivity index (χ0v) is 16.7. The Morgan fingerprint density at radius 2 is 1.86 bits per heavy atom. The lowest BCUT2D eigenvalue weighted by Crippen LogP contribution is -2.36. The fraction of sp³-hybridized carbons (Fsp3) is 0.286. The second-order valence-corrected chi connectivity index (χ2v) is 7.16. The first-order valence-electron chi connectivity index (χ1n) is 9.22. The van der Waals surface area contributed by atoms with Crippen molar-refractivity contribution >= 4 is 11.6 Å². The van der Waals surface area contributed by atoms with Crippen LogP contribution < -0.4 is 0 Å². The Morgan fingerprint density at radius 1 is 1.17 bits per heavy atom. The molecule has 0 N–H and O–H groups in total. The minimum atomic E-state index is -0.463. The summed E-state index contributed by atoms with van der Waals surface area (Å²) in [6.07, 6.45) is 0. The van der Waals surface area contributed by atoms with E-state index in [1.165, 1.54) is 18.2 Å². The van der Waals surface area contributed by atoms with Crippen molar-refractivity contribution in [3.05, 3.63) is 75.2 Å². The third kappa shape index (κ3) is 4.48. The van der Waals surface area contributed by atoms with Gasteiger partial charge in [-0.2, -0.15) is 4.98 Å². The highest BCUT2D eigenvalue weighted by Gasteiger charge is 2.23. The number of nitrogens with zero attached hydrogens (tertiary/aromatic N) is 4. The molecule has 0 fully saturated rings. The van der Waals surface area contributed by atoms with E-state index in [9.17, 15) is 14.9 Å². The van der Waals surface area contributed by atoms with Crippen LogP contribution in [-0.4, -0.2) is 31.9 Å². The third-order valence-electron chi connectivity index (χ3n) is 4.61. The van der Waals surface area contributed by atoms with Crippen molar-refractivity contribution < 1.29 is 14.2 Å². The van der Waals surface area contributed by atoms with Gasteiger partial charge in [-0.25, -0.2) is 0 Å². The number of amides is 1. The molecule has 150 valence electrons. The van der Waals surface area contributed by atoms with Crippen LogP contribution in [0.1, 0.15) is 41.2 Å². The molecule has 3 aromatic rings. The summed E-state index contributed by atoms with van der Waals surface area (Å²) in [5.74, 6) is 0.525. The van der Waals surface area contributed by atoms with E-state index in [0.29, 0.717) is 22.8 Å². The van der Waals surface area contributed by atoms with Crippen LogP contribution in [0.4, 0.5) is 5.69 Å². The third-order valence-corrected chi connectivity index (χ3v) is 4.61. The monoisotopic (exact) mass is 394 g/mol. The lowest BCUT2D eigenvalue weighted by atomic mass is 10.1. The standard InChI is InChI=1S/C21H22N4O4/c1-13(2)24(21(26)17-9-10-18(25(27)28)15(4)11-17)12-19-22-20(23-29-19)16-7-5-14(3)6-8-16/h5-11,13H,12H2,1-4H3. The number of carbonyl (C=O) groups is 1. The molecule has 0 aliphatic rings. The molecule has 1 heterocycles. The van der Waals surface area contributed by atoms with Crippen molar-refractivity contribution in [3.63, 3.8) is 0 Å². The number of nitro groups is 1. The molecule has 1 amide bonds. The molecule has 29 heavy (non-hydrogen) atoms. The van der Waals surface area contributed by atoms with Crippen LogP contribution in [0.25, 0.3) is 11.4 Å². The first-order chi connectivity index (χ1) is 13.8. The Labute approximate surface area is 168 Å². The number of benzene rings is 2. The van der Waals surface area contributed by atoms with Crippen LogP contribution in [-0.2, 0) is 6.54 Å². The van der Waals surface area contributed by atoms with E-state index in [1.54, 1.807) is 11.8 Å². The summed E-state index contributed by atoms with van der Waals surface area (Å²) >= 11 is 0. The molecule has 0 unspecified atom stereocenters. The first kappa shape index (κ1) is 20.2. The van der Waals surface area contributed by atoms with Crippen molar-refractivity contribution in [2.24, 2.45) is 0 Å². The number of nitro benzene ring substituents is 1. The van der Waals surface area contributed by atoms with Gasteiger partial charge >= 0.3 is 0 Å². The fourth-order valence-corrected chi connectivity index (χ4v) is 2.93. The molecule has 0 atom stereocenters. The van der Waals surface area contributed by atoms with Gasteiger partial charge in [-0.1, -0.05) is 35.0 Å². The Kier molecular flexibility index (Phi) is 5.72. The number of aryl methyl sites for hydroxylation is 2. The topological polar surface area (TPSA) is 102 Å². The van der Waals surface area contributed by atoms with Gasteiger partial charge in [-0.05, 0) is 39.8 Å². The van der Waals surface area contributed by atoms with Crippen molar-refractivity contribution in [1.82, 2.24) is 15.0 Å². The zero-order chi connectivity index (χ0) is 21.1. The number of aromatic nitrogens is 2. The second-order valence-electron chi connectivity index (χ2n) is 7.16. The minimum Gasteiger partial charge on any atom is -0.337 e. The Hall–Kier alpha value is -3.55. The summed E-state index contributed by atoms with van der Waals surface area (Å²) in [5, 5.41) is 15.0. The van der Waals surface area contributed by atoms with E-state index >= 15 is 0 Å². The molecular formula is C21H22N4O4. The summed E-state index contributed by atoms with van der Waals surface area (Å²) in [5.41, 5.74) is 2.76. The lowest BCUT2D eigenvalue weighted by Gasteiger charge is -2.25. The Balaban J connectivity index is 1.82. The SMILES string of the molecule is Cc1ccc(-c2noc(CN(C(=O)c3ccc([N+](=O)[O-])c(C)c3)C(C)C)n2)cc1. The van der Waals surface area contributed by atoms with Crippen molar-refractivity contribution in [3.8, 4) is 11.4 Å². The fourth-order valence-electron chi connectivity index (χ4n) is 2.93. The van der Waals surface area contributed by atoms with E-state index < -0.39 is 4.92 Å². The molecule has 0 spiro atoms. The normalized spacial score (nSPS) is 10.9. The minimum absolute atomic E-state index is 0.0164. The van der Waals surface area contributed by atoms with Crippen molar-refractivity contribution in [1.29, 1.82) is 0 Å². The number of hydrogen-bond donors (Lipinski definition) is 0. The molecule has 0 aliphatic heterocycles. The number of rotatable bonds is 6. The predicted molar refractivity (Wildman–Crippen MR) is 107 cm³/mol. The van der Waals surface area contributed by atoms with E-state index in [-0.39, 0.29) is 24.2 Å². The summed E-state index contributed by atoms with van der Waals surface area (Å²) in [6, 6.07) is 12.0. The lowest BCUT2D eigenvalue weighted by molar-refractivity contribution is -0.385. The predicted octanol–water partition coefficient (Wildman–Crippen LogP) is 4.31. The van der Waals surface area contributed by atoms with Crippen LogP contribution in [0.2, 0.25) is 0 Å². The maximum Gasteiger partial charge on any atom is 0.272 e. The molecule has 0 saturated heterocycles. The Bertz CT molecular complexity index is 1040. The first-order valence-corrected chi connectivity index (χ1v) is 9.22. The van der Waals surface area contributed by atoms with Crippen LogP contribution >= 0.6 is 0 Å². The number of hydrogen-bond acceptors (Lipinski definition) is 6. The van der Waals surface area contributed by atoms with Gasteiger partial charge in [0.05, 0.1) is 4.92 Å². The summed E-state index contributed by atoms with van der Waals surface area (Å²) in [7, 11) is 0. The quantitative estimate of drug-likeness (QED) is 0.456. The van der Waals surface area contributed by atoms with E-state index in [2.05, 4.69) is 10.1 Å². The molecular weight excluding hydrogens is 372 g/mol. The van der Waals surface area contributed by atoms with Crippen LogP contribution in [0, 0.1) is 24.0 Å². The number of carbonyl (C=O) groups excluding carboxylic acids is 1. The van der Waals surface area contributed by atoms with E-state index in [1.807, 2.05) is 45.0 Å². The van der Waals surface area contributed by atoms with Crippen LogP contribution in [0.3, 0.4) is 0 Å². The van der Waals surface area contributed by atoms with Gasteiger partial charge in [-0.15, -0.1) is 0 Å². The molecule has 0 radical (unpaired) electrons. The zero-order valence-electron chi connectivity index (χ0n) is 16.7. The highest BCUT2D eigenvalue weighted by Crippen LogP contribution is 2.22. The van der Waals surface area contributed by atoms with Gasteiger partial charge in [0, 0.05) is 28.8 Å². The van der Waals surface area contributed by atoms with Crippen molar-refractivity contribution in [2.45, 2.75) is 40.3 Å². The highest BCUT2D eigenvalue weighted by atomic mass is 16.6. The summed E-state index contributed by atoms with van der Waals surface area (Å²) < 4.78 is 5.35. The molecule has 0 bridgehead atoms. The highest BCUT2D eigenvalue weighted by molar-refractivity contribution is 5.94. The van der Waals surface area contributed by atoms with Crippen LogP contribution in [0.15, 0.2) is 47.0 Å². The van der Waals surface area contributed by atoms with Crippen LogP contribution in [0.5, 0.6) is 0 Å². The molecule has 3 rings (SSSR count). The largest absolute Gasteiger partial charge is 0.337 e. The van der Waals surface area contributed by atoms with Gasteiger partial charge in [0.1, 0.15) is 6.54 Å².